The van der Waals surface area contributed by atoms with Crippen LogP contribution in [0.1, 0.15) is 0 Å². The van der Waals surface area contributed by atoms with E-state index < -0.39 is 0 Å². The fourth-order valence-corrected chi connectivity index (χ4v) is 1.55. The van der Waals surface area contributed by atoms with Gasteiger partial charge in [0.1, 0.15) is 10.4 Å². The molecule has 3 N–H and O–H groups in total. The Balaban J connectivity index is 2.80. The molecule has 5 nitrogen and oxygen atoms in total. The number of nitrogens with one attached hydrogen (secondary N) is 1. The lowest BCUT2D eigenvalue weighted by Crippen LogP contribution is -1.97. The number of nitrogens with two attached hydrogens (primary N) is 1. The maximum atomic E-state index is 5.56. The SMILES string of the molecule is CNc1nc(Br)cn2cc(N)nc12. The van der Waals surface area contributed by atoms with Crippen LogP contribution in [0.3, 0.4) is 0 Å². The highest BCUT2D eigenvalue weighted by molar-refractivity contribution is 9.10. The highest BCUT2D eigenvalue weighted by atomic mass is 79.9. The average Bonchev–Trinajstić information content (AvgIpc) is 2.43. The molecule has 0 radical (unpaired) electrons. The Morgan fingerprint density at radius 1 is 1.46 bits per heavy atom. The first-order valence-corrected chi connectivity index (χ1v) is 4.48. The number of hydrogen-bond acceptors (Lipinski definition) is 4. The Labute approximate surface area is 83.1 Å². The summed E-state index contributed by atoms with van der Waals surface area (Å²) >= 11 is 3.29. The van der Waals surface area contributed by atoms with Crippen LogP contribution in [0.4, 0.5) is 11.6 Å². The van der Waals surface area contributed by atoms with Crippen LogP contribution in [0, 0.1) is 0 Å². The summed E-state index contributed by atoms with van der Waals surface area (Å²) in [5.41, 5.74) is 6.29. The van der Waals surface area contributed by atoms with Gasteiger partial charge >= 0.3 is 0 Å². The number of hydrogen-bond donors (Lipinski definition) is 2. The number of nitrogen functional groups attached to an aromatic ring is 1. The highest BCUT2D eigenvalue weighted by Gasteiger charge is 2.05. The van der Waals surface area contributed by atoms with Crippen molar-refractivity contribution in [2.75, 3.05) is 18.1 Å². The van der Waals surface area contributed by atoms with Gasteiger partial charge in [-0.05, 0) is 15.9 Å². The number of imidazole rings is 1. The fourth-order valence-electron chi connectivity index (χ4n) is 1.15. The first-order valence-electron chi connectivity index (χ1n) is 3.69. The van der Waals surface area contributed by atoms with E-state index >= 15 is 0 Å². The van der Waals surface area contributed by atoms with Crippen molar-refractivity contribution >= 4 is 33.2 Å². The van der Waals surface area contributed by atoms with Crippen LogP contribution >= 0.6 is 15.9 Å². The van der Waals surface area contributed by atoms with Gasteiger partial charge in [0.05, 0.1) is 6.20 Å². The average molecular weight is 242 g/mol. The smallest absolute Gasteiger partial charge is 0.182 e. The van der Waals surface area contributed by atoms with Gasteiger partial charge in [-0.2, -0.15) is 0 Å². The van der Waals surface area contributed by atoms with E-state index in [-0.39, 0.29) is 0 Å². The second-order valence-electron chi connectivity index (χ2n) is 2.56. The number of fused-ring (bicyclic) bond motifs is 1. The summed E-state index contributed by atoms with van der Waals surface area (Å²) in [6.07, 6.45) is 3.54. The minimum atomic E-state index is 0.483. The molecular formula is C7H8BrN5. The maximum absolute atomic E-state index is 5.56. The molecule has 6 heteroatoms. The molecule has 0 atom stereocenters. The largest absolute Gasteiger partial charge is 0.382 e. The lowest BCUT2D eigenvalue weighted by atomic mass is 10.6. The molecule has 0 aliphatic heterocycles. The molecule has 0 amide bonds. The van der Waals surface area contributed by atoms with Gasteiger partial charge in [-0.3, -0.25) is 4.40 Å². The van der Waals surface area contributed by atoms with Crippen LogP contribution in [0.25, 0.3) is 5.65 Å². The molecule has 0 aliphatic rings. The van der Waals surface area contributed by atoms with Crippen LogP contribution < -0.4 is 11.1 Å². The molecular weight excluding hydrogens is 234 g/mol. The van der Waals surface area contributed by atoms with E-state index in [1.807, 2.05) is 4.40 Å². The normalized spacial score (nSPS) is 10.6. The molecule has 13 heavy (non-hydrogen) atoms. The molecule has 2 heterocycles. The minimum Gasteiger partial charge on any atom is -0.382 e. The van der Waals surface area contributed by atoms with E-state index in [4.69, 9.17) is 5.73 Å². The van der Waals surface area contributed by atoms with E-state index in [0.717, 1.165) is 10.3 Å². The molecule has 0 saturated carbocycles. The van der Waals surface area contributed by atoms with E-state index in [1.165, 1.54) is 0 Å². The monoisotopic (exact) mass is 241 g/mol. The molecule has 0 spiro atoms. The zero-order valence-electron chi connectivity index (χ0n) is 6.95. The van der Waals surface area contributed by atoms with Crippen molar-refractivity contribution in [1.82, 2.24) is 14.4 Å². The lowest BCUT2D eigenvalue weighted by Gasteiger charge is -2.01. The number of aromatic nitrogens is 3. The number of rotatable bonds is 1. The topological polar surface area (TPSA) is 68.2 Å². The van der Waals surface area contributed by atoms with Gasteiger partial charge in [0.25, 0.3) is 0 Å². The Morgan fingerprint density at radius 3 is 2.92 bits per heavy atom. The number of anilines is 2. The van der Waals surface area contributed by atoms with Crippen LogP contribution in [0.2, 0.25) is 0 Å². The summed E-state index contributed by atoms with van der Waals surface area (Å²) in [7, 11) is 1.79. The molecule has 68 valence electrons. The molecule has 2 aromatic rings. The molecule has 0 bridgehead atoms. The molecule has 2 rings (SSSR count). The second-order valence-corrected chi connectivity index (χ2v) is 3.37. The zero-order chi connectivity index (χ0) is 9.42. The first kappa shape index (κ1) is 8.31. The summed E-state index contributed by atoms with van der Waals surface area (Å²) in [6.45, 7) is 0. The molecule has 0 aromatic carbocycles. The van der Waals surface area contributed by atoms with Gasteiger partial charge < -0.3 is 11.1 Å². The van der Waals surface area contributed by atoms with Gasteiger partial charge in [-0.1, -0.05) is 0 Å². The van der Waals surface area contributed by atoms with E-state index in [1.54, 1.807) is 19.4 Å². The van der Waals surface area contributed by atoms with E-state index in [9.17, 15) is 0 Å². The second kappa shape index (κ2) is 2.88. The third-order valence-corrected chi connectivity index (χ3v) is 2.05. The quantitative estimate of drug-likeness (QED) is 0.786. The number of halogens is 1. The third kappa shape index (κ3) is 1.33. The fraction of sp³-hybridized carbons (Fsp3) is 0.143. The van der Waals surface area contributed by atoms with Crippen LogP contribution in [0.5, 0.6) is 0 Å². The minimum absolute atomic E-state index is 0.483. The van der Waals surface area contributed by atoms with Crippen molar-refractivity contribution in [3.63, 3.8) is 0 Å². The first-order chi connectivity index (χ1) is 6.20. The summed E-state index contributed by atoms with van der Waals surface area (Å²) in [5, 5.41) is 2.94. The van der Waals surface area contributed by atoms with Gasteiger partial charge in [0, 0.05) is 13.2 Å². The van der Waals surface area contributed by atoms with Gasteiger partial charge in [0.2, 0.25) is 0 Å². The van der Waals surface area contributed by atoms with Crippen LogP contribution in [-0.4, -0.2) is 21.4 Å². The van der Waals surface area contributed by atoms with Crippen LogP contribution in [0.15, 0.2) is 17.0 Å². The molecule has 0 unspecified atom stereocenters. The molecule has 0 aliphatic carbocycles. The van der Waals surface area contributed by atoms with Gasteiger partial charge in [-0.25, -0.2) is 9.97 Å². The van der Waals surface area contributed by atoms with Gasteiger partial charge in [-0.15, -0.1) is 0 Å². The third-order valence-electron chi connectivity index (χ3n) is 1.66. The Bertz CT molecular complexity index is 449. The van der Waals surface area contributed by atoms with Crippen molar-refractivity contribution in [3.05, 3.63) is 17.0 Å². The number of nitrogens with zero attached hydrogens (tertiary/aromatic N) is 3. The van der Waals surface area contributed by atoms with Crippen molar-refractivity contribution in [2.24, 2.45) is 0 Å². The Morgan fingerprint density at radius 2 is 2.23 bits per heavy atom. The summed E-state index contributed by atoms with van der Waals surface area (Å²) in [5.74, 6) is 1.18. The molecule has 0 fully saturated rings. The summed E-state index contributed by atoms with van der Waals surface area (Å²) in [6, 6.07) is 0. The predicted octanol–water partition coefficient (Wildman–Crippen LogP) is 1.12. The molecule has 2 aromatic heterocycles. The van der Waals surface area contributed by atoms with Crippen molar-refractivity contribution in [2.45, 2.75) is 0 Å². The Kier molecular flexibility index (Phi) is 1.84. The summed E-state index contributed by atoms with van der Waals surface area (Å²) < 4.78 is 2.56. The van der Waals surface area contributed by atoms with Gasteiger partial charge in [0.15, 0.2) is 11.5 Å². The van der Waals surface area contributed by atoms with Crippen molar-refractivity contribution in [1.29, 1.82) is 0 Å². The summed E-state index contributed by atoms with van der Waals surface area (Å²) in [4.78, 5) is 8.32. The Hall–Kier alpha value is -1.30. The standard InChI is InChI=1S/C7H8BrN5/c1-10-6-7-12-5(9)3-13(7)2-4(8)11-6/h2-3H,9H2,1H3,(H,10,11). The van der Waals surface area contributed by atoms with Crippen LogP contribution in [-0.2, 0) is 0 Å². The highest BCUT2D eigenvalue weighted by Crippen LogP contribution is 2.18. The maximum Gasteiger partial charge on any atom is 0.182 e. The molecule has 0 saturated heterocycles. The van der Waals surface area contributed by atoms with Crippen molar-refractivity contribution < 1.29 is 0 Å². The predicted molar refractivity (Wildman–Crippen MR) is 54.6 cm³/mol. The lowest BCUT2D eigenvalue weighted by molar-refractivity contribution is 1.10. The van der Waals surface area contributed by atoms with E-state index in [0.29, 0.717) is 11.6 Å². The van der Waals surface area contributed by atoms with Crippen molar-refractivity contribution in [3.8, 4) is 0 Å². The van der Waals surface area contributed by atoms with E-state index in [2.05, 4.69) is 31.2 Å². The zero-order valence-corrected chi connectivity index (χ0v) is 8.54.